The zero-order valence-corrected chi connectivity index (χ0v) is 19.0. The Morgan fingerprint density at radius 1 is 1.13 bits per heavy atom. The third-order valence-electron chi connectivity index (χ3n) is 4.70. The van der Waals surface area contributed by atoms with E-state index < -0.39 is 15.1 Å². The number of sulfone groups is 1. The third kappa shape index (κ3) is 5.06. The molecule has 8 heteroatoms. The lowest BCUT2D eigenvalue weighted by molar-refractivity contribution is -0.117. The number of carbonyl (C=O) groups is 1. The standard InChI is InChI=1S/C22H26N2O4S2/c1-4-28-14-13-24-19-7-5-6-8-20(19)29-22(24)23-21(25)15-17-9-11-18(12-10-17)30(26,27)16(2)3/h5-12,16H,4,13-15H2,1-3H3. The van der Waals surface area contributed by atoms with Crippen LogP contribution in [0.2, 0.25) is 0 Å². The van der Waals surface area contributed by atoms with Gasteiger partial charge in [-0.1, -0.05) is 35.6 Å². The van der Waals surface area contributed by atoms with Crippen molar-refractivity contribution in [1.29, 1.82) is 0 Å². The van der Waals surface area contributed by atoms with E-state index in [9.17, 15) is 13.2 Å². The summed E-state index contributed by atoms with van der Waals surface area (Å²) >= 11 is 1.47. The first-order chi connectivity index (χ1) is 14.3. The predicted molar refractivity (Wildman–Crippen MR) is 119 cm³/mol. The molecule has 0 unspecified atom stereocenters. The number of ether oxygens (including phenoxy) is 1. The van der Waals surface area contributed by atoms with Crippen molar-refractivity contribution in [2.75, 3.05) is 13.2 Å². The molecule has 3 aromatic rings. The van der Waals surface area contributed by atoms with Crippen LogP contribution in [0, 0.1) is 0 Å². The first kappa shape index (κ1) is 22.4. The van der Waals surface area contributed by atoms with Crippen molar-refractivity contribution in [1.82, 2.24) is 4.57 Å². The van der Waals surface area contributed by atoms with E-state index in [-0.39, 0.29) is 17.2 Å². The lowest BCUT2D eigenvalue weighted by Gasteiger charge is -2.08. The van der Waals surface area contributed by atoms with Crippen molar-refractivity contribution in [3.63, 3.8) is 0 Å². The summed E-state index contributed by atoms with van der Waals surface area (Å²) in [5.74, 6) is -0.272. The Morgan fingerprint density at radius 3 is 2.50 bits per heavy atom. The molecule has 0 atom stereocenters. The summed E-state index contributed by atoms with van der Waals surface area (Å²) < 4.78 is 33.0. The van der Waals surface area contributed by atoms with Crippen molar-refractivity contribution in [2.24, 2.45) is 4.99 Å². The Hall–Kier alpha value is -2.29. The molecule has 6 nitrogen and oxygen atoms in total. The minimum atomic E-state index is -3.32. The minimum absolute atomic E-state index is 0.113. The van der Waals surface area contributed by atoms with Gasteiger partial charge in [-0.15, -0.1) is 0 Å². The molecule has 2 aromatic carbocycles. The molecular weight excluding hydrogens is 420 g/mol. The molecule has 3 rings (SSSR count). The van der Waals surface area contributed by atoms with E-state index in [1.54, 1.807) is 38.1 Å². The number of nitrogens with zero attached hydrogens (tertiary/aromatic N) is 2. The third-order valence-corrected chi connectivity index (χ3v) is 7.93. The summed E-state index contributed by atoms with van der Waals surface area (Å²) in [7, 11) is -3.32. The Morgan fingerprint density at radius 2 is 1.83 bits per heavy atom. The van der Waals surface area contributed by atoms with Crippen molar-refractivity contribution >= 4 is 37.3 Å². The van der Waals surface area contributed by atoms with Gasteiger partial charge < -0.3 is 9.30 Å². The van der Waals surface area contributed by atoms with Gasteiger partial charge in [-0.2, -0.15) is 4.99 Å². The van der Waals surface area contributed by atoms with Gasteiger partial charge in [0.2, 0.25) is 0 Å². The second-order valence-electron chi connectivity index (χ2n) is 7.12. The topological polar surface area (TPSA) is 77.7 Å². The van der Waals surface area contributed by atoms with E-state index in [1.807, 2.05) is 35.8 Å². The quantitative estimate of drug-likeness (QED) is 0.496. The second-order valence-corrected chi connectivity index (χ2v) is 10.6. The zero-order chi connectivity index (χ0) is 21.7. The fourth-order valence-electron chi connectivity index (χ4n) is 3.01. The van der Waals surface area contributed by atoms with Crippen LogP contribution in [0.4, 0.5) is 0 Å². The van der Waals surface area contributed by atoms with Gasteiger partial charge in [0, 0.05) is 13.2 Å². The highest BCUT2D eigenvalue weighted by molar-refractivity contribution is 7.92. The SMILES string of the molecule is CCOCCn1c(=NC(=O)Cc2ccc(S(=O)(=O)C(C)C)cc2)sc2ccccc21. The van der Waals surface area contributed by atoms with Crippen LogP contribution >= 0.6 is 11.3 Å². The number of thiazole rings is 1. The Labute approximate surface area is 180 Å². The van der Waals surface area contributed by atoms with Crippen molar-refractivity contribution in [2.45, 2.75) is 43.9 Å². The molecule has 0 aliphatic carbocycles. The van der Waals surface area contributed by atoms with Crippen molar-refractivity contribution < 1.29 is 17.9 Å². The summed E-state index contributed by atoms with van der Waals surface area (Å²) in [6, 6.07) is 14.4. The number of amides is 1. The highest BCUT2D eigenvalue weighted by Crippen LogP contribution is 2.18. The highest BCUT2D eigenvalue weighted by Gasteiger charge is 2.18. The summed E-state index contributed by atoms with van der Waals surface area (Å²) in [4.78, 5) is 17.9. The predicted octanol–water partition coefficient (Wildman–Crippen LogP) is 3.59. The fourth-order valence-corrected chi connectivity index (χ4v) is 5.15. The van der Waals surface area contributed by atoms with E-state index in [0.717, 1.165) is 15.8 Å². The number of carbonyl (C=O) groups excluding carboxylic acids is 1. The maximum absolute atomic E-state index is 12.6. The maximum atomic E-state index is 12.6. The van der Waals surface area contributed by atoms with Crippen LogP contribution < -0.4 is 4.80 Å². The lowest BCUT2D eigenvalue weighted by atomic mass is 10.1. The summed E-state index contributed by atoms with van der Waals surface area (Å²) in [6.45, 7) is 7.05. The van der Waals surface area contributed by atoms with Gasteiger partial charge in [-0.25, -0.2) is 8.42 Å². The average molecular weight is 447 g/mol. The van der Waals surface area contributed by atoms with Crippen LogP contribution in [0.1, 0.15) is 26.3 Å². The van der Waals surface area contributed by atoms with Crippen LogP contribution in [0.15, 0.2) is 58.4 Å². The molecule has 30 heavy (non-hydrogen) atoms. The van der Waals surface area contributed by atoms with E-state index in [2.05, 4.69) is 4.99 Å². The number of benzene rings is 2. The summed E-state index contributed by atoms with van der Waals surface area (Å²) in [5.41, 5.74) is 1.76. The Kier molecular flexibility index (Phi) is 7.23. The first-order valence-electron chi connectivity index (χ1n) is 9.89. The lowest BCUT2D eigenvalue weighted by Crippen LogP contribution is -2.20. The molecule has 0 N–H and O–H groups in total. The number of para-hydroxylation sites is 1. The molecule has 0 aliphatic rings. The highest BCUT2D eigenvalue weighted by atomic mass is 32.2. The largest absolute Gasteiger partial charge is 0.380 e. The number of aromatic nitrogens is 1. The molecule has 0 fully saturated rings. The number of hydrogen-bond acceptors (Lipinski definition) is 5. The molecule has 0 saturated carbocycles. The van der Waals surface area contributed by atoms with Gasteiger partial charge >= 0.3 is 0 Å². The molecule has 0 bridgehead atoms. The Balaban J connectivity index is 1.84. The molecule has 160 valence electrons. The van der Waals surface area contributed by atoms with E-state index in [0.29, 0.717) is 24.6 Å². The molecule has 0 saturated heterocycles. The fraction of sp³-hybridized carbons (Fsp3) is 0.364. The van der Waals surface area contributed by atoms with Crippen LogP contribution in [0.25, 0.3) is 10.2 Å². The monoisotopic (exact) mass is 446 g/mol. The maximum Gasteiger partial charge on any atom is 0.252 e. The molecular formula is C22H26N2O4S2. The molecule has 1 aromatic heterocycles. The van der Waals surface area contributed by atoms with E-state index in [1.165, 1.54) is 11.3 Å². The van der Waals surface area contributed by atoms with Crippen molar-refractivity contribution in [3.05, 3.63) is 58.9 Å². The van der Waals surface area contributed by atoms with Gasteiger partial charge in [0.05, 0.1) is 33.4 Å². The van der Waals surface area contributed by atoms with Crippen LogP contribution in [0.3, 0.4) is 0 Å². The Bertz CT molecular complexity index is 1190. The van der Waals surface area contributed by atoms with E-state index >= 15 is 0 Å². The van der Waals surface area contributed by atoms with Gasteiger partial charge in [0.15, 0.2) is 14.6 Å². The average Bonchev–Trinajstić information content (AvgIpc) is 3.05. The van der Waals surface area contributed by atoms with Gasteiger partial charge in [-0.05, 0) is 50.6 Å². The molecule has 1 amide bonds. The summed E-state index contributed by atoms with van der Waals surface area (Å²) in [6.07, 6.45) is 0.113. The molecule has 0 aliphatic heterocycles. The zero-order valence-electron chi connectivity index (χ0n) is 17.4. The van der Waals surface area contributed by atoms with Crippen LogP contribution in [-0.2, 0) is 32.3 Å². The van der Waals surface area contributed by atoms with E-state index in [4.69, 9.17) is 4.74 Å². The summed E-state index contributed by atoms with van der Waals surface area (Å²) in [5, 5.41) is -0.486. The normalized spacial score (nSPS) is 12.7. The number of hydrogen-bond donors (Lipinski definition) is 0. The number of fused-ring (bicyclic) bond motifs is 1. The second kappa shape index (κ2) is 9.68. The smallest absolute Gasteiger partial charge is 0.252 e. The van der Waals surface area contributed by atoms with Gasteiger partial charge in [-0.3, -0.25) is 4.79 Å². The minimum Gasteiger partial charge on any atom is -0.380 e. The number of rotatable bonds is 8. The molecule has 1 heterocycles. The van der Waals surface area contributed by atoms with Gasteiger partial charge in [0.25, 0.3) is 5.91 Å². The molecule has 0 radical (unpaired) electrons. The van der Waals surface area contributed by atoms with Crippen LogP contribution in [0.5, 0.6) is 0 Å². The van der Waals surface area contributed by atoms with Crippen LogP contribution in [-0.4, -0.2) is 37.4 Å². The molecule has 0 spiro atoms. The first-order valence-corrected chi connectivity index (χ1v) is 12.3. The van der Waals surface area contributed by atoms with Gasteiger partial charge in [0.1, 0.15) is 0 Å². The van der Waals surface area contributed by atoms with Crippen molar-refractivity contribution in [3.8, 4) is 0 Å².